The summed E-state index contributed by atoms with van der Waals surface area (Å²) in [6.45, 7) is 2.04. The minimum absolute atomic E-state index is 0.240. The number of hydrogen-bond donors (Lipinski definition) is 0. The summed E-state index contributed by atoms with van der Waals surface area (Å²) in [6, 6.07) is 33.5. The Bertz CT molecular complexity index is 1740. The molecule has 0 N–H and O–H groups in total. The van der Waals surface area contributed by atoms with E-state index in [2.05, 4.69) is 17.1 Å². The van der Waals surface area contributed by atoms with E-state index in [1.54, 1.807) is 23.0 Å². The molecule has 0 spiro atoms. The van der Waals surface area contributed by atoms with Crippen molar-refractivity contribution in [2.45, 2.75) is 6.92 Å². The number of rotatable bonds is 4. The molecule has 0 aliphatic rings. The van der Waals surface area contributed by atoms with E-state index in [0.29, 0.717) is 27.7 Å². The minimum Gasteiger partial charge on any atom is -0.283 e. The Morgan fingerprint density at radius 3 is 2.00 bits per heavy atom. The first-order valence-electron chi connectivity index (χ1n) is 11.6. The summed E-state index contributed by atoms with van der Waals surface area (Å²) in [7, 11) is 0. The summed E-state index contributed by atoms with van der Waals surface area (Å²) in [4.78, 5) is 23.3. The molecule has 6 heteroatoms. The lowest BCUT2D eigenvalue weighted by molar-refractivity contribution is 0.962. The first-order valence-corrected chi connectivity index (χ1v) is 12.0. The van der Waals surface area contributed by atoms with E-state index in [0.717, 1.165) is 27.9 Å². The summed E-state index contributed by atoms with van der Waals surface area (Å²) in [6.07, 6.45) is 1.65. The van der Waals surface area contributed by atoms with E-state index < -0.39 is 0 Å². The highest BCUT2D eigenvalue weighted by Crippen LogP contribution is 2.27. The van der Waals surface area contributed by atoms with Crippen LogP contribution in [0.15, 0.2) is 114 Å². The van der Waals surface area contributed by atoms with E-state index in [1.165, 1.54) is 0 Å². The minimum atomic E-state index is -0.240. The van der Waals surface area contributed by atoms with Crippen LogP contribution in [0, 0.1) is 6.92 Å². The molecule has 0 aliphatic carbocycles. The molecule has 0 aliphatic heterocycles. The van der Waals surface area contributed by atoms with Crippen LogP contribution >= 0.6 is 11.6 Å². The Labute approximate surface area is 212 Å². The second kappa shape index (κ2) is 8.95. The monoisotopic (exact) mass is 488 g/mol. The third-order valence-electron chi connectivity index (χ3n) is 6.22. The van der Waals surface area contributed by atoms with Gasteiger partial charge < -0.3 is 0 Å². The molecule has 6 aromatic rings. The molecule has 36 heavy (non-hydrogen) atoms. The van der Waals surface area contributed by atoms with Gasteiger partial charge in [0.15, 0.2) is 11.2 Å². The third kappa shape index (κ3) is 3.89. The molecule has 174 valence electrons. The zero-order chi connectivity index (χ0) is 24.6. The van der Waals surface area contributed by atoms with Crippen LogP contribution in [-0.2, 0) is 0 Å². The summed E-state index contributed by atoms with van der Waals surface area (Å²) in [5.41, 5.74) is 6.32. The van der Waals surface area contributed by atoms with Crippen molar-refractivity contribution in [2.24, 2.45) is 0 Å². The van der Waals surface area contributed by atoms with E-state index in [-0.39, 0.29) is 5.56 Å². The van der Waals surface area contributed by atoms with Gasteiger partial charge in [-0.3, -0.25) is 13.9 Å². The van der Waals surface area contributed by atoms with Gasteiger partial charge >= 0.3 is 0 Å². The molecule has 0 atom stereocenters. The molecule has 0 fully saturated rings. The number of benzene rings is 4. The Hall–Kier alpha value is -4.48. The van der Waals surface area contributed by atoms with Gasteiger partial charge in [0.05, 0.1) is 5.69 Å². The molecule has 0 saturated carbocycles. The van der Waals surface area contributed by atoms with Crippen LogP contribution in [0.3, 0.4) is 0 Å². The van der Waals surface area contributed by atoms with E-state index in [4.69, 9.17) is 16.6 Å². The molecule has 0 amide bonds. The first kappa shape index (κ1) is 22.0. The van der Waals surface area contributed by atoms with Gasteiger partial charge in [-0.15, -0.1) is 0 Å². The Balaban J connectivity index is 1.58. The van der Waals surface area contributed by atoms with Crippen molar-refractivity contribution in [3.63, 3.8) is 0 Å². The molecule has 0 unspecified atom stereocenters. The van der Waals surface area contributed by atoms with Crippen molar-refractivity contribution in [1.29, 1.82) is 0 Å². The van der Waals surface area contributed by atoms with Crippen molar-refractivity contribution in [2.75, 3.05) is 0 Å². The van der Waals surface area contributed by atoms with Crippen molar-refractivity contribution >= 4 is 22.8 Å². The highest BCUT2D eigenvalue weighted by atomic mass is 35.5. The molecule has 5 nitrogen and oxygen atoms in total. The maximum absolute atomic E-state index is 13.8. The largest absolute Gasteiger partial charge is 0.286 e. The van der Waals surface area contributed by atoms with Crippen LogP contribution < -0.4 is 5.56 Å². The molecular formula is C30H21ClN4O. The Morgan fingerprint density at radius 2 is 1.31 bits per heavy atom. The highest BCUT2D eigenvalue weighted by molar-refractivity contribution is 6.30. The molecule has 6 rings (SSSR count). The maximum atomic E-state index is 13.8. The molecule has 0 saturated heterocycles. The topological polar surface area (TPSA) is 52.7 Å². The van der Waals surface area contributed by atoms with Gasteiger partial charge in [-0.1, -0.05) is 83.9 Å². The highest BCUT2D eigenvalue weighted by Gasteiger charge is 2.19. The fourth-order valence-corrected chi connectivity index (χ4v) is 4.44. The summed E-state index contributed by atoms with van der Waals surface area (Å²) in [5, 5.41) is 0.596. The van der Waals surface area contributed by atoms with Crippen LogP contribution in [0.5, 0.6) is 0 Å². The second-order valence-electron chi connectivity index (χ2n) is 8.62. The van der Waals surface area contributed by atoms with Crippen molar-refractivity contribution in [1.82, 2.24) is 19.1 Å². The molecule has 0 bridgehead atoms. The average molecular weight is 489 g/mol. The lowest BCUT2D eigenvalue weighted by Gasteiger charge is -2.14. The molecule has 4 aromatic carbocycles. The van der Waals surface area contributed by atoms with E-state index in [1.807, 2.05) is 90.4 Å². The lowest BCUT2D eigenvalue weighted by atomic mass is 10.0. The smallest absolute Gasteiger partial charge is 0.283 e. The van der Waals surface area contributed by atoms with Crippen LogP contribution in [-0.4, -0.2) is 19.1 Å². The van der Waals surface area contributed by atoms with Gasteiger partial charge in [0.25, 0.3) is 5.56 Å². The normalized spacial score (nSPS) is 11.2. The Morgan fingerprint density at radius 1 is 0.694 bits per heavy atom. The van der Waals surface area contributed by atoms with Crippen molar-refractivity contribution < 1.29 is 0 Å². The van der Waals surface area contributed by atoms with Crippen LogP contribution in [0.25, 0.3) is 45.1 Å². The van der Waals surface area contributed by atoms with Gasteiger partial charge in [-0.25, -0.2) is 9.97 Å². The van der Waals surface area contributed by atoms with Gasteiger partial charge in [0, 0.05) is 16.3 Å². The zero-order valence-corrected chi connectivity index (χ0v) is 20.2. The summed E-state index contributed by atoms with van der Waals surface area (Å²) < 4.78 is 3.45. The third-order valence-corrected chi connectivity index (χ3v) is 6.47. The van der Waals surface area contributed by atoms with Gasteiger partial charge in [0.2, 0.25) is 0 Å². The fourth-order valence-electron chi connectivity index (χ4n) is 4.31. The maximum Gasteiger partial charge on any atom is 0.286 e. The zero-order valence-electron chi connectivity index (χ0n) is 19.5. The number of aromatic nitrogens is 4. The number of hydrogen-bond acceptors (Lipinski definition) is 3. The SMILES string of the molecule is Cc1ccc(-n2cnc3c(=O)n(-c4ccc(Cl)cc4)c(-c4ccc(-c5ccccc5)cc4)nc32)cc1. The number of halogens is 1. The van der Waals surface area contributed by atoms with E-state index >= 15 is 0 Å². The standard InChI is InChI=1S/C30H21ClN4O/c1-20-7-15-25(16-8-20)34-19-32-27-29(34)33-28(35(30(27)36)26-17-13-24(31)14-18-26)23-11-9-22(10-12-23)21-5-3-2-4-6-21/h2-19H,1H3. The predicted octanol–water partition coefficient (Wildman–Crippen LogP) is 6.87. The number of aryl methyl sites for hydroxylation is 1. The van der Waals surface area contributed by atoms with Crippen LogP contribution in [0.4, 0.5) is 0 Å². The lowest BCUT2D eigenvalue weighted by Crippen LogP contribution is -2.22. The molecule has 0 radical (unpaired) electrons. The van der Waals surface area contributed by atoms with E-state index in [9.17, 15) is 4.79 Å². The van der Waals surface area contributed by atoms with Crippen molar-refractivity contribution in [3.8, 4) is 33.9 Å². The molecule has 2 heterocycles. The average Bonchev–Trinajstić information content (AvgIpc) is 3.35. The van der Waals surface area contributed by atoms with Crippen LogP contribution in [0.1, 0.15) is 5.56 Å². The molecular weight excluding hydrogens is 468 g/mol. The number of nitrogens with zero attached hydrogens (tertiary/aromatic N) is 4. The summed E-state index contributed by atoms with van der Waals surface area (Å²) in [5.74, 6) is 0.531. The predicted molar refractivity (Wildman–Crippen MR) is 145 cm³/mol. The van der Waals surface area contributed by atoms with Crippen LogP contribution in [0.2, 0.25) is 5.02 Å². The Kier molecular flexibility index (Phi) is 5.47. The first-order chi connectivity index (χ1) is 17.6. The second-order valence-corrected chi connectivity index (χ2v) is 9.05. The van der Waals surface area contributed by atoms with Gasteiger partial charge in [-0.05, 0) is 54.4 Å². The van der Waals surface area contributed by atoms with Gasteiger partial charge in [-0.2, -0.15) is 0 Å². The molecule has 2 aromatic heterocycles. The quantitative estimate of drug-likeness (QED) is 0.272. The number of fused-ring (bicyclic) bond motifs is 1. The number of imidazole rings is 1. The fraction of sp³-hybridized carbons (Fsp3) is 0.0333. The van der Waals surface area contributed by atoms with Crippen molar-refractivity contribution in [3.05, 3.63) is 130 Å². The summed E-state index contributed by atoms with van der Waals surface area (Å²) >= 11 is 6.13. The van der Waals surface area contributed by atoms with Gasteiger partial charge in [0.1, 0.15) is 12.2 Å².